The Labute approximate surface area is 85.3 Å². The molecule has 1 aromatic heterocycles. The van der Waals surface area contributed by atoms with Crippen LogP contribution >= 0.6 is 0 Å². The van der Waals surface area contributed by atoms with Crippen LogP contribution < -0.4 is 0 Å². The number of rotatable bonds is 2. The largest absolute Gasteiger partial charge is 0.507 e. The Morgan fingerprint density at radius 2 is 2.40 bits per heavy atom. The number of carbonyl (C=O) groups is 1. The highest BCUT2D eigenvalue weighted by Crippen LogP contribution is 2.26. The van der Waals surface area contributed by atoms with Crippen LogP contribution in [-0.4, -0.2) is 22.7 Å². The lowest BCUT2D eigenvalue weighted by molar-refractivity contribution is 0.0524. The molecular formula is C10H9NO4. The van der Waals surface area contributed by atoms with Crippen LogP contribution in [-0.2, 0) is 4.74 Å². The lowest BCUT2D eigenvalue weighted by atomic mass is 10.2. The Bertz CT molecular complexity index is 503. The summed E-state index contributed by atoms with van der Waals surface area (Å²) in [5.41, 5.74) is 0.774. The molecule has 0 spiro atoms. The van der Waals surface area contributed by atoms with E-state index in [2.05, 4.69) is 4.98 Å². The molecule has 5 heteroatoms. The number of hydrogen-bond donors (Lipinski definition) is 1. The van der Waals surface area contributed by atoms with Crippen molar-refractivity contribution < 1.29 is 19.1 Å². The van der Waals surface area contributed by atoms with Crippen LogP contribution in [0, 0.1) is 0 Å². The van der Waals surface area contributed by atoms with Gasteiger partial charge in [-0.05, 0) is 19.1 Å². The number of aromatic hydroxyl groups is 1. The van der Waals surface area contributed by atoms with Gasteiger partial charge in [0, 0.05) is 0 Å². The Balaban J connectivity index is 2.61. The van der Waals surface area contributed by atoms with Crippen molar-refractivity contribution in [1.82, 2.24) is 4.98 Å². The molecule has 0 aliphatic heterocycles. The van der Waals surface area contributed by atoms with Gasteiger partial charge < -0.3 is 14.3 Å². The predicted molar refractivity (Wildman–Crippen MR) is 51.6 cm³/mol. The van der Waals surface area contributed by atoms with Crippen molar-refractivity contribution in [1.29, 1.82) is 0 Å². The highest BCUT2D eigenvalue weighted by atomic mass is 16.5. The topological polar surface area (TPSA) is 72.6 Å². The summed E-state index contributed by atoms with van der Waals surface area (Å²) >= 11 is 0. The minimum Gasteiger partial charge on any atom is -0.507 e. The van der Waals surface area contributed by atoms with Crippen molar-refractivity contribution in [3.63, 3.8) is 0 Å². The molecule has 15 heavy (non-hydrogen) atoms. The molecular weight excluding hydrogens is 198 g/mol. The molecule has 0 fully saturated rings. The Morgan fingerprint density at radius 1 is 1.60 bits per heavy atom. The fraction of sp³-hybridized carbons (Fsp3) is 0.200. The second-order valence-corrected chi connectivity index (χ2v) is 2.88. The van der Waals surface area contributed by atoms with Crippen LogP contribution in [0.4, 0.5) is 0 Å². The van der Waals surface area contributed by atoms with Gasteiger partial charge >= 0.3 is 5.97 Å². The fourth-order valence-corrected chi connectivity index (χ4v) is 1.32. The smallest absolute Gasteiger partial charge is 0.345 e. The maximum absolute atomic E-state index is 11.5. The van der Waals surface area contributed by atoms with E-state index in [0.717, 1.165) is 0 Å². The van der Waals surface area contributed by atoms with E-state index in [1.54, 1.807) is 13.0 Å². The van der Waals surface area contributed by atoms with Gasteiger partial charge in [-0.1, -0.05) is 0 Å². The molecule has 0 atom stereocenters. The Morgan fingerprint density at radius 3 is 3.13 bits per heavy atom. The standard InChI is InChI=1S/C10H9NO4/c1-2-14-10(13)8-7(12)4-3-6-9(8)15-5-11-6/h3-5,12H,2H2,1H3. The molecule has 0 bridgehead atoms. The zero-order valence-corrected chi connectivity index (χ0v) is 8.06. The average molecular weight is 207 g/mol. The summed E-state index contributed by atoms with van der Waals surface area (Å²) in [6, 6.07) is 2.95. The molecule has 1 heterocycles. The third-order valence-corrected chi connectivity index (χ3v) is 1.96. The molecule has 0 unspecified atom stereocenters. The van der Waals surface area contributed by atoms with Gasteiger partial charge in [0.05, 0.1) is 6.61 Å². The number of hydrogen-bond acceptors (Lipinski definition) is 5. The first kappa shape index (κ1) is 9.51. The summed E-state index contributed by atoms with van der Waals surface area (Å²) in [5, 5.41) is 9.54. The molecule has 1 N–H and O–H groups in total. The average Bonchev–Trinajstić information content (AvgIpc) is 2.65. The van der Waals surface area contributed by atoms with Gasteiger partial charge in [0.15, 0.2) is 12.0 Å². The van der Waals surface area contributed by atoms with Gasteiger partial charge in [-0.2, -0.15) is 0 Å². The first-order valence-corrected chi connectivity index (χ1v) is 4.46. The molecule has 0 saturated heterocycles. The quantitative estimate of drug-likeness (QED) is 0.759. The summed E-state index contributed by atoms with van der Waals surface area (Å²) in [5.74, 6) is -0.782. The first-order chi connectivity index (χ1) is 7.24. The molecule has 1 aromatic carbocycles. The van der Waals surface area contributed by atoms with E-state index in [4.69, 9.17) is 9.15 Å². The molecule has 0 aliphatic rings. The lowest BCUT2D eigenvalue weighted by Crippen LogP contribution is -2.05. The minimum absolute atomic E-state index is 0.0202. The monoisotopic (exact) mass is 207 g/mol. The van der Waals surface area contributed by atoms with Crippen LogP contribution in [0.1, 0.15) is 17.3 Å². The van der Waals surface area contributed by atoms with Gasteiger partial charge in [-0.25, -0.2) is 9.78 Å². The number of aromatic nitrogens is 1. The fourth-order valence-electron chi connectivity index (χ4n) is 1.32. The van der Waals surface area contributed by atoms with Crippen LogP contribution in [0.2, 0.25) is 0 Å². The molecule has 78 valence electrons. The summed E-state index contributed by atoms with van der Waals surface area (Å²) in [4.78, 5) is 15.4. The van der Waals surface area contributed by atoms with Gasteiger partial charge in [0.2, 0.25) is 0 Å². The number of fused-ring (bicyclic) bond motifs is 1. The van der Waals surface area contributed by atoms with Crippen molar-refractivity contribution in [3.8, 4) is 5.75 Å². The minimum atomic E-state index is -0.614. The number of carbonyl (C=O) groups excluding carboxylic acids is 1. The maximum atomic E-state index is 11.5. The molecule has 0 radical (unpaired) electrons. The third-order valence-electron chi connectivity index (χ3n) is 1.96. The highest BCUT2D eigenvalue weighted by Gasteiger charge is 2.19. The van der Waals surface area contributed by atoms with E-state index in [1.807, 2.05) is 0 Å². The Hall–Kier alpha value is -2.04. The molecule has 2 aromatic rings. The number of nitrogens with zero attached hydrogens (tertiary/aromatic N) is 1. The van der Waals surface area contributed by atoms with Crippen molar-refractivity contribution in [2.24, 2.45) is 0 Å². The van der Waals surface area contributed by atoms with Gasteiger partial charge in [0.1, 0.15) is 16.8 Å². The second kappa shape index (κ2) is 3.61. The molecule has 0 amide bonds. The normalized spacial score (nSPS) is 10.5. The summed E-state index contributed by atoms with van der Waals surface area (Å²) < 4.78 is 9.82. The molecule has 0 aliphatic carbocycles. The number of oxazole rings is 1. The Kier molecular flexibility index (Phi) is 2.29. The van der Waals surface area contributed by atoms with Gasteiger partial charge in [-0.3, -0.25) is 0 Å². The summed E-state index contributed by atoms with van der Waals surface area (Å²) in [6.45, 7) is 1.93. The number of phenols is 1. The second-order valence-electron chi connectivity index (χ2n) is 2.88. The molecule has 2 rings (SSSR count). The number of benzene rings is 1. The van der Waals surface area contributed by atoms with Crippen LogP contribution in [0.25, 0.3) is 11.1 Å². The maximum Gasteiger partial charge on any atom is 0.345 e. The lowest BCUT2D eigenvalue weighted by Gasteiger charge is -2.03. The molecule has 5 nitrogen and oxygen atoms in total. The van der Waals surface area contributed by atoms with Crippen molar-refractivity contribution in [2.45, 2.75) is 6.92 Å². The summed E-state index contributed by atoms with van der Waals surface area (Å²) in [6.07, 6.45) is 1.22. The van der Waals surface area contributed by atoms with Crippen LogP contribution in [0.3, 0.4) is 0 Å². The van der Waals surface area contributed by atoms with Gasteiger partial charge in [0.25, 0.3) is 0 Å². The van der Waals surface area contributed by atoms with Crippen LogP contribution in [0.5, 0.6) is 5.75 Å². The van der Waals surface area contributed by atoms with E-state index in [1.165, 1.54) is 12.5 Å². The number of phenolic OH excluding ortho intramolecular Hbond substituents is 1. The summed E-state index contributed by atoms with van der Waals surface area (Å²) in [7, 11) is 0. The highest BCUT2D eigenvalue weighted by molar-refractivity contribution is 6.03. The van der Waals surface area contributed by atoms with Crippen molar-refractivity contribution >= 4 is 17.1 Å². The van der Waals surface area contributed by atoms with Crippen LogP contribution in [0.15, 0.2) is 22.9 Å². The molecule has 0 saturated carbocycles. The number of ether oxygens (including phenoxy) is 1. The van der Waals surface area contributed by atoms with Crippen molar-refractivity contribution in [2.75, 3.05) is 6.61 Å². The van der Waals surface area contributed by atoms with Crippen molar-refractivity contribution in [3.05, 3.63) is 24.1 Å². The zero-order valence-electron chi connectivity index (χ0n) is 8.06. The van der Waals surface area contributed by atoms with E-state index in [-0.39, 0.29) is 23.5 Å². The third kappa shape index (κ3) is 1.52. The van der Waals surface area contributed by atoms with Gasteiger partial charge in [-0.15, -0.1) is 0 Å². The van der Waals surface area contributed by atoms with E-state index in [0.29, 0.717) is 5.52 Å². The van der Waals surface area contributed by atoms with E-state index < -0.39 is 5.97 Å². The number of esters is 1. The predicted octanol–water partition coefficient (Wildman–Crippen LogP) is 1.71. The van der Waals surface area contributed by atoms with E-state index >= 15 is 0 Å². The SMILES string of the molecule is CCOC(=O)c1c(O)ccc2ncoc12. The van der Waals surface area contributed by atoms with E-state index in [9.17, 15) is 9.90 Å². The zero-order chi connectivity index (χ0) is 10.8. The first-order valence-electron chi connectivity index (χ1n) is 4.46.